The van der Waals surface area contributed by atoms with E-state index in [2.05, 4.69) is 5.32 Å². The molecule has 0 unspecified atom stereocenters. The van der Waals surface area contributed by atoms with Crippen LogP contribution in [0, 0.1) is 0 Å². The highest BCUT2D eigenvalue weighted by Crippen LogP contribution is 2.25. The molecule has 2 rings (SSSR count). The summed E-state index contributed by atoms with van der Waals surface area (Å²) in [5, 5.41) is 2.78. The average Bonchev–Trinajstić information content (AvgIpc) is 2.70. The molecule has 0 aliphatic heterocycles. The summed E-state index contributed by atoms with van der Waals surface area (Å²) in [5.41, 5.74) is 2.13. The number of carbonyl (C=O) groups is 1. The third-order valence-corrected chi connectivity index (χ3v) is 6.29. The maximum Gasteiger partial charge on any atom is 0.266 e. The Bertz CT molecular complexity index is 946. The van der Waals surface area contributed by atoms with Crippen molar-refractivity contribution >= 4 is 27.5 Å². The van der Waals surface area contributed by atoms with E-state index in [0.29, 0.717) is 17.6 Å². The van der Waals surface area contributed by atoms with Gasteiger partial charge in [0.25, 0.3) is 15.9 Å². The summed E-state index contributed by atoms with van der Waals surface area (Å²) in [4.78, 5) is 17.0. The van der Waals surface area contributed by atoms with Crippen LogP contribution in [0.1, 0.15) is 35.3 Å². The largest absolute Gasteiger partial charge is 0.374 e. The third kappa shape index (κ3) is 6.25. The molecule has 0 spiro atoms. The van der Waals surface area contributed by atoms with Gasteiger partial charge in [0, 0.05) is 19.2 Å². The van der Waals surface area contributed by atoms with E-state index in [1.54, 1.807) is 0 Å². The number of nitrogens with one attached hydrogen (secondary N) is 1. The van der Waals surface area contributed by atoms with Gasteiger partial charge in [-0.15, -0.1) is 0 Å². The highest BCUT2D eigenvalue weighted by atomic mass is 35.5. The molecule has 0 aliphatic rings. The lowest BCUT2D eigenvalue weighted by Crippen LogP contribution is -2.27. The molecule has 7 nitrogen and oxygen atoms in total. The molecule has 29 heavy (non-hydrogen) atoms. The minimum Gasteiger partial charge on any atom is -0.374 e. The van der Waals surface area contributed by atoms with E-state index in [1.165, 1.54) is 32.4 Å². The summed E-state index contributed by atoms with van der Waals surface area (Å²) in [6.07, 6.45) is 0.158. The van der Waals surface area contributed by atoms with Gasteiger partial charge in [-0.2, -0.15) is 0 Å². The maximum atomic E-state index is 12.5. The molecule has 9 heteroatoms. The Morgan fingerprint density at radius 3 is 2.34 bits per heavy atom. The fourth-order valence-electron chi connectivity index (χ4n) is 2.38. The number of hydrogen-bond donors (Lipinski definition) is 1. The number of rotatable bonds is 9. The Labute approximate surface area is 176 Å². The van der Waals surface area contributed by atoms with Gasteiger partial charge in [0.1, 0.15) is 4.90 Å². The summed E-state index contributed by atoms with van der Waals surface area (Å²) in [6, 6.07) is 11.8. The molecule has 0 fully saturated rings. The van der Waals surface area contributed by atoms with Gasteiger partial charge in [-0.1, -0.05) is 40.3 Å². The fraction of sp³-hybridized carbons (Fsp3) is 0.350. The molecule has 0 heterocycles. The molecule has 1 amide bonds. The van der Waals surface area contributed by atoms with Crippen molar-refractivity contribution in [2.45, 2.75) is 38.0 Å². The Kier molecular flexibility index (Phi) is 8.18. The second kappa shape index (κ2) is 10.2. The lowest BCUT2D eigenvalue weighted by Gasteiger charge is -2.16. The van der Waals surface area contributed by atoms with Gasteiger partial charge < -0.3 is 10.1 Å². The SMILES string of the molecule is CON(C)S(=O)(=O)c1cc(C(=O)NCc2ccc(COC(C)C)cc2)ccc1Cl. The summed E-state index contributed by atoms with van der Waals surface area (Å²) >= 11 is 6.02. The lowest BCUT2D eigenvalue weighted by atomic mass is 10.1. The number of sulfonamides is 1. The van der Waals surface area contributed by atoms with Gasteiger partial charge in [-0.05, 0) is 43.2 Å². The Hall–Kier alpha value is -1.97. The summed E-state index contributed by atoms with van der Waals surface area (Å²) in [7, 11) is -1.50. The number of amides is 1. The van der Waals surface area contributed by atoms with Crippen molar-refractivity contribution in [3.8, 4) is 0 Å². The smallest absolute Gasteiger partial charge is 0.266 e. The summed E-state index contributed by atoms with van der Waals surface area (Å²) in [5.74, 6) is -0.412. The summed E-state index contributed by atoms with van der Waals surface area (Å²) < 4.78 is 31.1. The van der Waals surface area contributed by atoms with E-state index in [0.717, 1.165) is 11.1 Å². The number of benzene rings is 2. The molecule has 0 bridgehead atoms. The van der Waals surface area contributed by atoms with Crippen LogP contribution in [0.3, 0.4) is 0 Å². The second-order valence-electron chi connectivity index (χ2n) is 6.60. The molecule has 158 valence electrons. The molecule has 1 N–H and O–H groups in total. The normalized spacial score (nSPS) is 11.8. The lowest BCUT2D eigenvalue weighted by molar-refractivity contribution is -0.0258. The van der Waals surface area contributed by atoms with Crippen LogP contribution in [0.5, 0.6) is 0 Å². The van der Waals surface area contributed by atoms with E-state index in [9.17, 15) is 13.2 Å². The molecule has 0 aliphatic carbocycles. The second-order valence-corrected chi connectivity index (χ2v) is 8.91. The molecule has 0 atom stereocenters. The van der Waals surface area contributed by atoms with Gasteiger partial charge in [0.15, 0.2) is 0 Å². The molecule has 0 saturated heterocycles. The molecule has 2 aromatic carbocycles. The van der Waals surface area contributed by atoms with Crippen molar-refractivity contribution < 1.29 is 22.8 Å². The van der Waals surface area contributed by atoms with Gasteiger partial charge in [0.05, 0.1) is 24.8 Å². The van der Waals surface area contributed by atoms with Crippen LogP contribution in [-0.2, 0) is 32.7 Å². The first-order chi connectivity index (χ1) is 13.6. The number of hydrogen-bond acceptors (Lipinski definition) is 5. The van der Waals surface area contributed by atoms with E-state index < -0.39 is 15.9 Å². The zero-order valence-corrected chi connectivity index (χ0v) is 18.4. The third-order valence-electron chi connectivity index (χ3n) is 4.13. The quantitative estimate of drug-likeness (QED) is 0.604. The molecule has 0 saturated carbocycles. The van der Waals surface area contributed by atoms with Crippen molar-refractivity contribution in [1.29, 1.82) is 0 Å². The van der Waals surface area contributed by atoms with Crippen molar-refractivity contribution in [3.63, 3.8) is 0 Å². The van der Waals surface area contributed by atoms with Crippen LogP contribution in [0.4, 0.5) is 0 Å². The first-order valence-electron chi connectivity index (χ1n) is 8.95. The fourth-order valence-corrected chi connectivity index (χ4v) is 3.85. The van der Waals surface area contributed by atoms with E-state index >= 15 is 0 Å². The Morgan fingerprint density at radius 1 is 1.14 bits per heavy atom. The first-order valence-corrected chi connectivity index (χ1v) is 10.8. The van der Waals surface area contributed by atoms with Gasteiger partial charge in [-0.3, -0.25) is 9.63 Å². The number of hydroxylamine groups is 1. The van der Waals surface area contributed by atoms with E-state index in [-0.39, 0.29) is 21.6 Å². The number of ether oxygens (including phenoxy) is 1. The van der Waals surface area contributed by atoms with E-state index in [1.807, 2.05) is 38.1 Å². The number of halogens is 1. The first kappa shape index (κ1) is 23.3. The molecule has 2 aromatic rings. The highest BCUT2D eigenvalue weighted by molar-refractivity contribution is 7.89. The van der Waals surface area contributed by atoms with Gasteiger partial charge >= 0.3 is 0 Å². The topological polar surface area (TPSA) is 84.9 Å². The Morgan fingerprint density at radius 2 is 1.76 bits per heavy atom. The molecule has 0 aromatic heterocycles. The van der Waals surface area contributed by atoms with Crippen LogP contribution in [-0.4, -0.2) is 39.1 Å². The van der Waals surface area contributed by atoms with Crippen molar-refractivity contribution in [3.05, 3.63) is 64.2 Å². The van der Waals surface area contributed by atoms with Crippen LogP contribution >= 0.6 is 11.6 Å². The monoisotopic (exact) mass is 440 g/mol. The van der Waals surface area contributed by atoms with Gasteiger partial charge in [-0.25, -0.2) is 8.42 Å². The van der Waals surface area contributed by atoms with Crippen molar-refractivity contribution in [2.75, 3.05) is 14.2 Å². The van der Waals surface area contributed by atoms with Gasteiger partial charge in [0.2, 0.25) is 0 Å². The Balaban J connectivity index is 2.07. The molecular formula is C20H25ClN2O5S. The van der Waals surface area contributed by atoms with Crippen LogP contribution in [0.15, 0.2) is 47.4 Å². The van der Waals surface area contributed by atoms with Crippen molar-refractivity contribution in [2.24, 2.45) is 0 Å². The minimum atomic E-state index is -3.97. The average molecular weight is 441 g/mol. The number of nitrogens with zero attached hydrogens (tertiary/aromatic N) is 1. The molecule has 0 radical (unpaired) electrons. The zero-order chi connectivity index (χ0) is 21.6. The zero-order valence-electron chi connectivity index (χ0n) is 16.8. The minimum absolute atomic E-state index is 0.00431. The maximum absolute atomic E-state index is 12.5. The van der Waals surface area contributed by atoms with Crippen molar-refractivity contribution in [1.82, 2.24) is 9.79 Å². The predicted molar refractivity (Wildman–Crippen MR) is 111 cm³/mol. The molecular weight excluding hydrogens is 416 g/mol. The highest BCUT2D eigenvalue weighted by Gasteiger charge is 2.25. The van der Waals surface area contributed by atoms with E-state index in [4.69, 9.17) is 21.2 Å². The standard InChI is InChI=1S/C20H25ClN2O5S/c1-14(2)28-13-16-7-5-15(6-8-16)12-22-20(24)17-9-10-18(21)19(11-17)29(25,26)23(3)27-4/h5-11,14H,12-13H2,1-4H3,(H,22,24). The summed E-state index contributed by atoms with van der Waals surface area (Å²) in [6.45, 7) is 4.78. The van der Waals surface area contributed by atoms with Crippen LogP contribution < -0.4 is 5.32 Å². The van der Waals surface area contributed by atoms with Crippen LogP contribution in [0.25, 0.3) is 0 Å². The van der Waals surface area contributed by atoms with Crippen LogP contribution in [0.2, 0.25) is 5.02 Å². The predicted octanol–water partition coefficient (Wildman–Crippen LogP) is 3.38. The number of carbonyl (C=O) groups excluding carboxylic acids is 1.